The predicted octanol–water partition coefficient (Wildman–Crippen LogP) is 3.04. The summed E-state index contributed by atoms with van der Waals surface area (Å²) in [6.07, 6.45) is 2.19. The number of morpholine rings is 1. The van der Waals surface area contributed by atoms with Crippen LogP contribution in [0.4, 0.5) is 10.1 Å². The van der Waals surface area contributed by atoms with E-state index in [4.69, 9.17) is 14.9 Å². The Kier molecular flexibility index (Phi) is 6.30. The first-order valence-corrected chi connectivity index (χ1v) is 14.9. The highest BCUT2D eigenvalue weighted by molar-refractivity contribution is 6.15. The summed E-state index contributed by atoms with van der Waals surface area (Å²) in [6.45, 7) is 4.75. The molecule has 0 aliphatic carbocycles. The van der Waals surface area contributed by atoms with Gasteiger partial charge in [-0.05, 0) is 35.4 Å². The highest BCUT2D eigenvalue weighted by Gasteiger charge is 2.29. The van der Waals surface area contributed by atoms with E-state index in [9.17, 15) is 14.4 Å². The minimum Gasteiger partial charge on any atom is -0.451 e. The van der Waals surface area contributed by atoms with E-state index < -0.39 is 17.2 Å². The van der Waals surface area contributed by atoms with Crippen LogP contribution in [0.5, 0.6) is 0 Å². The fourth-order valence-corrected chi connectivity index (χ4v) is 6.82. The number of halogens is 1. The van der Waals surface area contributed by atoms with E-state index in [1.54, 1.807) is 16.5 Å². The molecule has 1 atom stereocenters. The van der Waals surface area contributed by atoms with Crippen LogP contribution in [0.1, 0.15) is 16.8 Å². The number of nitrogens with zero attached hydrogens (tertiary/aromatic N) is 3. The zero-order valence-corrected chi connectivity index (χ0v) is 23.9. The lowest BCUT2D eigenvalue weighted by Gasteiger charge is -2.26. The summed E-state index contributed by atoms with van der Waals surface area (Å²) in [5.41, 5.74) is 6.97. The number of nitrogens with two attached hydrogens (primary N) is 1. The van der Waals surface area contributed by atoms with Crippen molar-refractivity contribution in [1.82, 2.24) is 14.6 Å². The Morgan fingerprint density at radius 2 is 1.77 bits per heavy atom. The smallest absolute Gasteiger partial charge is 0.256 e. The van der Waals surface area contributed by atoms with Crippen molar-refractivity contribution < 1.29 is 18.3 Å². The summed E-state index contributed by atoms with van der Waals surface area (Å²) in [6, 6.07) is 12.0. The third-order valence-corrected chi connectivity index (χ3v) is 9.05. The maximum absolute atomic E-state index is 16.0. The Labute approximate surface area is 249 Å². The maximum Gasteiger partial charge on any atom is 0.256 e. The minimum absolute atomic E-state index is 0.0354. The number of pyridine rings is 1. The van der Waals surface area contributed by atoms with E-state index in [0.29, 0.717) is 73.2 Å². The Morgan fingerprint density at radius 1 is 0.977 bits per heavy atom. The van der Waals surface area contributed by atoms with Crippen LogP contribution in [0.25, 0.3) is 49.1 Å². The van der Waals surface area contributed by atoms with Crippen molar-refractivity contribution in [2.24, 2.45) is 5.73 Å². The molecule has 2 saturated heterocycles. The molecule has 4 aromatic carbocycles. The molecule has 8 rings (SSSR count). The van der Waals surface area contributed by atoms with Gasteiger partial charge in [0.15, 0.2) is 22.4 Å². The number of anilines is 1. The van der Waals surface area contributed by atoms with Gasteiger partial charge < -0.3 is 29.5 Å². The molecular weight excluding hydrogens is 565 g/mol. The molecule has 0 saturated carbocycles. The molecule has 2 fully saturated rings. The molecule has 6 aromatic rings. The summed E-state index contributed by atoms with van der Waals surface area (Å²) in [4.78, 5) is 44.6. The number of hydrogen-bond acceptors (Lipinski definition) is 8. The van der Waals surface area contributed by atoms with Crippen molar-refractivity contribution in [3.63, 3.8) is 0 Å². The van der Waals surface area contributed by atoms with Crippen molar-refractivity contribution in [3.8, 4) is 0 Å². The second kappa shape index (κ2) is 10.3. The van der Waals surface area contributed by atoms with Crippen LogP contribution in [-0.4, -0.2) is 73.7 Å². The second-order valence-electron chi connectivity index (χ2n) is 11.7. The predicted molar refractivity (Wildman–Crippen MR) is 168 cm³/mol. The molecule has 10 nitrogen and oxygen atoms in total. The van der Waals surface area contributed by atoms with E-state index in [-0.39, 0.29) is 33.7 Å². The number of nitrogens with one attached hydrogen (secondary N) is 1. The minimum atomic E-state index is -0.636. The molecule has 0 radical (unpaired) electrons. The average Bonchev–Trinajstić information content (AvgIpc) is 3.58. The Bertz CT molecular complexity index is 2240. The monoisotopic (exact) mass is 595 g/mol. The first-order valence-electron chi connectivity index (χ1n) is 14.9. The van der Waals surface area contributed by atoms with Gasteiger partial charge >= 0.3 is 0 Å². The van der Waals surface area contributed by atoms with Gasteiger partial charge in [0, 0.05) is 62.3 Å². The number of rotatable bonds is 5. The van der Waals surface area contributed by atoms with Gasteiger partial charge in [-0.15, -0.1) is 0 Å². The van der Waals surface area contributed by atoms with E-state index in [0.717, 1.165) is 23.9 Å². The summed E-state index contributed by atoms with van der Waals surface area (Å²) in [5.74, 6) is -1.18. The molecule has 0 bridgehead atoms. The van der Waals surface area contributed by atoms with E-state index in [1.165, 1.54) is 12.3 Å². The average molecular weight is 596 g/mol. The number of benzene rings is 3. The lowest BCUT2D eigenvalue weighted by atomic mass is 10.1. The fourth-order valence-electron chi connectivity index (χ4n) is 6.82. The largest absolute Gasteiger partial charge is 0.451 e. The molecular formula is C33H30FN5O5. The number of aromatic nitrogens is 1. The SMILES string of the molecule is N[C@H]1CCN(c2c(F)cc3c(=O)c(C(=O)NCCN4CCOCC4)cn4c5cc6c(cc5oc2c34)c(=O)c2ccccc26)C1. The molecule has 11 heteroatoms. The molecule has 4 heterocycles. The van der Waals surface area contributed by atoms with Crippen LogP contribution in [0.15, 0.2) is 62.7 Å². The third kappa shape index (κ3) is 4.15. The van der Waals surface area contributed by atoms with E-state index in [1.807, 2.05) is 29.2 Å². The number of carbonyl (C=O) groups is 1. The van der Waals surface area contributed by atoms with Gasteiger partial charge in [-0.3, -0.25) is 19.3 Å². The lowest BCUT2D eigenvalue weighted by Crippen LogP contribution is -2.42. The van der Waals surface area contributed by atoms with Crippen LogP contribution in [-0.2, 0) is 4.74 Å². The fraction of sp³-hybridized carbons (Fsp3) is 0.303. The quantitative estimate of drug-likeness (QED) is 0.231. The van der Waals surface area contributed by atoms with Crippen LogP contribution in [0.3, 0.4) is 0 Å². The Hall–Kier alpha value is -4.58. The number of fused-ring (bicyclic) bond motifs is 5. The summed E-state index contributed by atoms with van der Waals surface area (Å²) >= 11 is 0. The normalized spacial score (nSPS) is 18.0. The first-order chi connectivity index (χ1) is 21.4. The van der Waals surface area contributed by atoms with Gasteiger partial charge in [0.2, 0.25) is 5.43 Å². The zero-order chi connectivity index (χ0) is 30.1. The summed E-state index contributed by atoms with van der Waals surface area (Å²) in [5, 5.41) is 5.50. The van der Waals surface area contributed by atoms with Crippen molar-refractivity contribution in [2.75, 3.05) is 57.4 Å². The van der Waals surface area contributed by atoms with Crippen LogP contribution in [0, 0.1) is 5.82 Å². The second-order valence-corrected chi connectivity index (χ2v) is 11.7. The highest BCUT2D eigenvalue weighted by Crippen LogP contribution is 2.38. The lowest BCUT2D eigenvalue weighted by molar-refractivity contribution is 0.0383. The number of ether oxygens (including phenoxy) is 1. The molecule has 2 aliphatic heterocycles. The molecule has 224 valence electrons. The molecule has 2 aliphatic rings. The van der Waals surface area contributed by atoms with E-state index in [2.05, 4.69) is 10.2 Å². The Balaban J connectivity index is 1.37. The van der Waals surface area contributed by atoms with Crippen molar-refractivity contribution >= 4 is 60.7 Å². The molecule has 44 heavy (non-hydrogen) atoms. The summed E-state index contributed by atoms with van der Waals surface area (Å²) in [7, 11) is 0. The van der Waals surface area contributed by atoms with Crippen molar-refractivity contribution in [1.29, 1.82) is 0 Å². The molecule has 3 N–H and O–H groups in total. The maximum atomic E-state index is 16.0. The van der Waals surface area contributed by atoms with Gasteiger partial charge in [-0.1, -0.05) is 24.3 Å². The van der Waals surface area contributed by atoms with Crippen LogP contribution in [0.2, 0.25) is 0 Å². The van der Waals surface area contributed by atoms with Crippen LogP contribution < -0.4 is 26.8 Å². The number of hydrogen-bond donors (Lipinski definition) is 2. The van der Waals surface area contributed by atoms with Crippen LogP contribution >= 0.6 is 0 Å². The summed E-state index contributed by atoms with van der Waals surface area (Å²) < 4.78 is 29.5. The highest BCUT2D eigenvalue weighted by atomic mass is 19.1. The Morgan fingerprint density at radius 3 is 2.55 bits per heavy atom. The zero-order valence-electron chi connectivity index (χ0n) is 23.9. The van der Waals surface area contributed by atoms with Gasteiger partial charge in [0.05, 0.1) is 24.1 Å². The topological polar surface area (TPSA) is 123 Å². The molecule has 0 unspecified atom stereocenters. The molecule has 0 spiro atoms. The van der Waals surface area contributed by atoms with Gasteiger partial charge in [0.25, 0.3) is 5.91 Å². The number of carbonyl (C=O) groups excluding carboxylic acids is 1. The van der Waals surface area contributed by atoms with Gasteiger partial charge in [-0.2, -0.15) is 0 Å². The standard InChI is InChI=1S/C33H30FN5O5/c34-25-13-23-28-32(29(25)38-7-5-18(35)16-38)44-27-15-22-21(19-3-1-2-4-20(19)30(22)40)14-26(27)39(28)17-24(31(23)41)33(42)36-6-8-37-9-11-43-12-10-37/h1-4,13-15,17-18H,5-12,16,35H2,(H,36,42)/t18-/m0/s1. The van der Waals surface area contributed by atoms with Crippen molar-refractivity contribution in [2.45, 2.75) is 12.5 Å². The third-order valence-electron chi connectivity index (χ3n) is 9.05. The van der Waals surface area contributed by atoms with Gasteiger partial charge in [0.1, 0.15) is 16.8 Å². The molecule has 2 aromatic heterocycles. The van der Waals surface area contributed by atoms with E-state index >= 15 is 4.39 Å². The van der Waals surface area contributed by atoms with Crippen molar-refractivity contribution in [3.05, 3.63) is 80.5 Å². The van der Waals surface area contributed by atoms with Gasteiger partial charge in [-0.25, -0.2) is 4.39 Å². The molecule has 1 amide bonds. The number of amides is 1. The first kappa shape index (κ1) is 27.0.